The number of hydrogen-bond acceptors (Lipinski definition) is 7. The summed E-state index contributed by atoms with van der Waals surface area (Å²) in [5.74, 6) is 0.841. The van der Waals surface area contributed by atoms with Gasteiger partial charge in [-0.2, -0.15) is 4.98 Å². The van der Waals surface area contributed by atoms with Gasteiger partial charge in [-0.05, 0) is 31.4 Å². The molecule has 4 rings (SSSR count). The molecule has 0 aliphatic heterocycles. The third-order valence-electron chi connectivity index (χ3n) is 6.06. The quantitative estimate of drug-likeness (QED) is 0.361. The van der Waals surface area contributed by atoms with Gasteiger partial charge >= 0.3 is 0 Å². The number of aryl methyl sites for hydroxylation is 2. The number of hydrogen-bond donors (Lipinski definition) is 2. The van der Waals surface area contributed by atoms with Gasteiger partial charge in [-0.1, -0.05) is 43.0 Å². The monoisotopic (exact) mass is 469 g/mol. The summed E-state index contributed by atoms with van der Waals surface area (Å²) >= 11 is 1.70. The number of aromatic nitrogens is 3. The third-order valence-corrected chi connectivity index (χ3v) is 7.16. The van der Waals surface area contributed by atoms with E-state index in [0.717, 1.165) is 61.9 Å². The fraction of sp³-hybridized carbons (Fsp3) is 0.542. The lowest BCUT2D eigenvalue weighted by molar-refractivity contribution is -0.122. The van der Waals surface area contributed by atoms with E-state index in [1.54, 1.807) is 11.3 Å². The minimum absolute atomic E-state index is 0.0370. The highest BCUT2D eigenvalue weighted by molar-refractivity contribution is 7.18. The predicted octanol–water partition coefficient (Wildman–Crippen LogP) is 4.05. The van der Waals surface area contributed by atoms with E-state index >= 15 is 0 Å². The Kier molecular flexibility index (Phi) is 7.69. The predicted molar refractivity (Wildman–Crippen MR) is 127 cm³/mol. The first-order chi connectivity index (χ1) is 16.0. The average molecular weight is 470 g/mol. The topological polar surface area (TPSA) is 110 Å². The summed E-state index contributed by atoms with van der Waals surface area (Å²) in [5.41, 5.74) is 0.470. The Morgan fingerprint density at radius 1 is 1.09 bits per heavy atom. The van der Waals surface area contributed by atoms with Gasteiger partial charge in [0.2, 0.25) is 17.7 Å². The van der Waals surface area contributed by atoms with Gasteiger partial charge in [0.25, 0.3) is 0 Å². The fourth-order valence-corrected chi connectivity index (χ4v) is 5.44. The van der Waals surface area contributed by atoms with E-state index in [-0.39, 0.29) is 18.2 Å². The lowest BCUT2D eigenvalue weighted by Crippen LogP contribution is -2.45. The van der Waals surface area contributed by atoms with Crippen molar-refractivity contribution in [1.29, 1.82) is 0 Å². The Bertz CT molecular complexity index is 1050. The van der Waals surface area contributed by atoms with Crippen LogP contribution in [0.1, 0.15) is 75.0 Å². The van der Waals surface area contributed by atoms with Crippen molar-refractivity contribution in [2.24, 2.45) is 0 Å². The summed E-state index contributed by atoms with van der Waals surface area (Å²) in [6, 6.07) is 8.12. The summed E-state index contributed by atoms with van der Waals surface area (Å²) < 4.78 is 6.62. The molecule has 1 fully saturated rings. The maximum atomic E-state index is 12.3. The Labute approximate surface area is 197 Å². The van der Waals surface area contributed by atoms with Crippen molar-refractivity contribution < 1.29 is 14.1 Å². The molecule has 0 unspecified atom stereocenters. The molecule has 1 aliphatic rings. The van der Waals surface area contributed by atoms with E-state index in [1.807, 2.05) is 18.2 Å². The molecular weight excluding hydrogens is 438 g/mol. The molecule has 3 aromatic rings. The van der Waals surface area contributed by atoms with Crippen LogP contribution < -0.4 is 10.6 Å². The number of carbonyl (C=O) groups excluding carboxylic acids is 2. The highest BCUT2D eigenvalue weighted by atomic mass is 32.1. The van der Waals surface area contributed by atoms with Gasteiger partial charge in [-0.15, -0.1) is 11.3 Å². The zero-order valence-corrected chi connectivity index (χ0v) is 19.9. The number of thiazole rings is 1. The van der Waals surface area contributed by atoms with E-state index in [4.69, 9.17) is 4.52 Å². The van der Waals surface area contributed by atoms with E-state index < -0.39 is 5.54 Å². The second-order valence-electron chi connectivity index (χ2n) is 8.72. The highest BCUT2D eigenvalue weighted by Gasteiger charge is 2.38. The Morgan fingerprint density at radius 3 is 2.64 bits per heavy atom. The molecule has 33 heavy (non-hydrogen) atoms. The summed E-state index contributed by atoms with van der Waals surface area (Å²) in [6.07, 6.45) is 8.29. The minimum atomic E-state index is -0.563. The number of nitrogens with one attached hydrogen (secondary N) is 2. The molecule has 176 valence electrons. The van der Waals surface area contributed by atoms with Gasteiger partial charge in [-0.3, -0.25) is 9.59 Å². The van der Waals surface area contributed by atoms with Crippen molar-refractivity contribution in [2.45, 2.75) is 76.7 Å². The van der Waals surface area contributed by atoms with Gasteiger partial charge in [-0.25, -0.2) is 4.98 Å². The molecule has 0 spiro atoms. The fourth-order valence-electron chi connectivity index (χ4n) is 4.43. The smallest absolute Gasteiger partial charge is 0.227 e. The number of nitrogens with zero attached hydrogens (tertiary/aromatic N) is 3. The standard InChI is InChI=1S/C24H31N5O3S/c1-17(30)28-24(14-6-2-3-7-15-24)23-27-21(32-29-23)13-12-20(31)25-16-8-11-22-26-18-9-4-5-10-19(18)33-22/h4-5,9-10H,2-3,6-8,11-16H2,1H3,(H,25,31)(H,28,30). The van der Waals surface area contributed by atoms with Crippen LogP contribution in [-0.2, 0) is 28.0 Å². The average Bonchev–Trinajstić information content (AvgIpc) is 3.38. The molecule has 0 radical (unpaired) electrons. The summed E-state index contributed by atoms with van der Waals surface area (Å²) in [6.45, 7) is 2.13. The van der Waals surface area contributed by atoms with Crippen LogP contribution >= 0.6 is 11.3 Å². The van der Waals surface area contributed by atoms with Gasteiger partial charge in [0.1, 0.15) is 5.54 Å². The number of carbonyl (C=O) groups is 2. The zero-order chi connectivity index (χ0) is 23.1. The zero-order valence-electron chi connectivity index (χ0n) is 19.1. The molecular formula is C24H31N5O3S. The van der Waals surface area contributed by atoms with Gasteiger partial charge in [0, 0.05) is 32.7 Å². The second-order valence-corrected chi connectivity index (χ2v) is 9.83. The molecule has 2 aromatic heterocycles. The summed E-state index contributed by atoms with van der Waals surface area (Å²) in [4.78, 5) is 33.3. The van der Waals surface area contributed by atoms with Gasteiger partial charge < -0.3 is 15.2 Å². The van der Waals surface area contributed by atoms with Crippen molar-refractivity contribution in [3.05, 3.63) is 41.0 Å². The van der Waals surface area contributed by atoms with Crippen LogP contribution in [0.4, 0.5) is 0 Å². The second kappa shape index (κ2) is 10.9. The number of para-hydroxylation sites is 1. The van der Waals surface area contributed by atoms with Crippen LogP contribution in [0, 0.1) is 0 Å². The highest BCUT2D eigenvalue weighted by Crippen LogP contribution is 2.34. The number of fused-ring (bicyclic) bond motifs is 1. The SMILES string of the molecule is CC(=O)NC1(c2noc(CCC(=O)NCCCc3nc4ccccc4s3)n2)CCCCCC1. The number of rotatable bonds is 9. The molecule has 0 atom stereocenters. The van der Waals surface area contributed by atoms with Crippen LogP contribution in [0.2, 0.25) is 0 Å². The van der Waals surface area contributed by atoms with E-state index in [9.17, 15) is 9.59 Å². The largest absolute Gasteiger partial charge is 0.356 e. The van der Waals surface area contributed by atoms with Crippen LogP contribution in [0.3, 0.4) is 0 Å². The maximum Gasteiger partial charge on any atom is 0.227 e. The van der Waals surface area contributed by atoms with Gasteiger partial charge in [0.05, 0.1) is 15.2 Å². The van der Waals surface area contributed by atoms with Crippen LogP contribution in [-0.4, -0.2) is 33.5 Å². The molecule has 2 N–H and O–H groups in total. The van der Waals surface area contributed by atoms with Crippen molar-refractivity contribution in [3.8, 4) is 0 Å². The Balaban J connectivity index is 1.23. The number of amides is 2. The normalized spacial score (nSPS) is 15.8. The molecule has 1 saturated carbocycles. The maximum absolute atomic E-state index is 12.3. The van der Waals surface area contributed by atoms with Crippen molar-refractivity contribution in [3.63, 3.8) is 0 Å². The molecule has 1 aliphatic carbocycles. The third kappa shape index (κ3) is 6.16. The van der Waals surface area contributed by atoms with E-state index in [1.165, 1.54) is 11.6 Å². The van der Waals surface area contributed by atoms with E-state index in [0.29, 0.717) is 24.7 Å². The summed E-state index contributed by atoms with van der Waals surface area (Å²) in [7, 11) is 0. The Morgan fingerprint density at radius 2 is 1.88 bits per heavy atom. The molecule has 1 aromatic carbocycles. The first kappa shape index (κ1) is 23.4. The van der Waals surface area contributed by atoms with Crippen LogP contribution in [0.5, 0.6) is 0 Å². The Hall–Kier alpha value is -2.81. The van der Waals surface area contributed by atoms with E-state index in [2.05, 4.69) is 31.8 Å². The molecule has 2 amide bonds. The molecule has 8 nitrogen and oxygen atoms in total. The molecule has 2 heterocycles. The lowest BCUT2D eigenvalue weighted by atomic mass is 9.89. The molecule has 0 saturated heterocycles. The number of benzene rings is 1. The first-order valence-electron chi connectivity index (χ1n) is 11.8. The van der Waals surface area contributed by atoms with Crippen molar-refractivity contribution >= 4 is 33.4 Å². The van der Waals surface area contributed by atoms with Gasteiger partial charge in [0.15, 0.2) is 5.82 Å². The minimum Gasteiger partial charge on any atom is -0.356 e. The van der Waals surface area contributed by atoms with Crippen molar-refractivity contribution in [2.75, 3.05) is 6.54 Å². The first-order valence-corrected chi connectivity index (χ1v) is 12.6. The van der Waals surface area contributed by atoms with Crippen LogP contribution in [0.25, 0.3) is 10.2 Å². The summed E-state index contributed by atoms with van der Waals surface area (Å²) in [5, 5.41) is 11.3. The molecule has 9 heteroatoms. The lowest BCUT2D eigenvalue weighted by Gasteiger charge is -2.30. The molecule has 0 bridgehead atoms. The van der Waals surface area contributed by atoms with Crippen molar-refractivity contribution in [1.82, 2.24) is 25.8 Å². The van der Waals surface area contributed by atoms with Crippen LogP contribution in [0.15, 0.2) is 28.8 Å².